The lowest BCUT2D eigenvalue weighted by Gasteiger charge is -2.59. The van der Waals surface area contributed by atoms with Gasteiger partial charge in [0.25, 0.3) is 0 Å². The van der Waals surface area contributed by atoms with E-state index in [4.69, 9.17) is 29.1 Å². The zero-order chi connectivity index (χ0) is 47.5. The van der Waals surface area contributed by atoms with Crippen LogP contribution in [0, 0.1) is 5.92 Å². The lowest BCUT2D eigenvalue weighted by Crippen LogP contribution is -2.80. The van der Waals surface area contributed by atoms with Gasteiger partial charge in [0.1, 0.15) is 59.3 Å². The van der Waals surface area contributed by atoms with Crippen LogP contribution in [0.15, 0.2) is 117 Å². The number of hydrogen-bond donors (Lipinski definition) is 8. The van der Waals surface area contributed by atoms with Crippen molar-refractivity contribution < 1.29 is 69.6 Å². The molecule has 1 unspecified atom stereocenters. The highest BCUT2D eigenvalue weighted by Gasteiger charge is 2.73. The maximum atomic E-state index is 13.3. The molecule has 7 atom stereocenters. The first kappa shape index (κ1) is 44.5. The molecule has 6 aliphatic rings. The summed E-state index contributed by atoms with van der Waals surface area (Å²) in [6.45, 7) is 2.03. The van der Waals surface area contributed by atoms with E-state index in [0.29, 0.717) is 59.9 Å². The Bertz CT molecular complexity index is 2920. The number of ether oxygens (including phenoxy) is 5. The number of rotatable bonds is 13. The highest BCUT2D eigenvalue weighted by molar-refractivity contribution is 6.13. The summed E-state index contributed by atoms with van der Waals surface area (Å²) in [5, 5.41) is 89.1. The van der Waals surface area contributed by atoms with E-state index in [1.807, 2.05) is 37.3 Å². The van der Waals surface area contributed by atoms with Crippen molar-refractivity contribution in [3.05, 3.63) is 136 Å². The molecule has 0 spiro atoms. The number of aliphatic hydroxyl groups is 4. The first-order valence-corrected chi connectivity index (χ1v) is 22.3. The Morgan fingerprint density at radius 1 is 0.956 bits per heavy atom. The second-order valence-corrected chi connectivity index (χ2v) is 17.6. The number of aryl methyl sites for hydroxylation is 2. The third kappa shape index (κ3) is 7.66. The molecule has 4 aromatic rings. The quantitative estimate of drug-likeness (QED) is 0.0888. The SMILES string of the molecule is CCc1cc(O)cc(COc2c(O[C@@H]3O[C@H](C(=O)O)[C@@]4(O)[C@H](C5=NC=NC5)C5=C(CCc6ccccc6C5)[C@@]3(O)[C@@H]4O)cc3c(c2O)C(O)=CC(c2ccc(OCCC4=NC(=[NH2+])C=C4)cc2)O3)c1. The Morgan fingerprint density at radius 2 is 1.74 bits per heavy atom. The summed E-state index contributed by atoms with van der Waals surface area (Å²) in [6, 6.07) is 20.8. The number of aromatic hydroxyl groups is 2. The number of amidine groups is 1. The largest absolute Gasteiger partial charge is 0.508 e. The number of fused-ring (bicyclic) bond motifs is 5. The molecule has 0 saturated carbocycles. The summed E-state index contributed by atoms with van der Waals surface area (Å²) in [5.41, 5.74) is 0.0670. The van der Waals surface area contributed by atoms with E-state index < -0.39 is 53.4 Å². The highest BCUT2D eigenvalue weighted by Crippen LogP contribution is 2.57. The van der Waals surface area contributed by atoms with Gasteiger partial charge in [-0.1, -0.05) is 55.0 Å². The van der Waals surface area contributed by atoms with Gasteiger partial charge in [-0.3, -0.25) is 10.4 Å². The molecule has 2 bridgehead atoms. The Balaban J connectivity index is 1.04. The number of phenolic OH excluding ortho intramolecular Hbond substituents is 2. The van der Waals surface area contributed by atoms with Crippen molar-refractivity contribution in [3.8, 4) is 34.5 Å². The van der Waals surface area contributed by atoms with Crippen molar-refractivity contribution in [2.45, 2.75) is 81.4 Å². The number of phenols is 2. The van der Waals surface area contributed by atoms with Crippen molar-refractivity contribution in [2.24, 2.45) is 20.9 Å². The molecule has 1 saturated heterocycles. The monoisotopic (exact) mass is 925 g/mol. The summed E-state index contributed by atoms with van der Waals surface area (Å²) >= 11 is 0. The summed E-state index contributed by atoms with van der Waals surface area (Å²) in [7, 11) is 0. The van der Waals surface area contributed by atoms with E-state index in [-0.39, 0.29) is 65.9 Å². The zero-order valence-electron chi connectivity index (χ0n) is 36.8. The van der Waals surface area contributed by atoms with Crippen LogP contribution in [0.2, 0.25) is 0 Å². The fourth-order valence-electron chi connectivity index (χ4n) is 10.2. The first-order chi connectivity index (χ1) is 32.8. The van der Waals surface area contributed by atoms with Crippen LogP contribution in [0.5, 0.6) is 34.5 Å². The number of aliphatic carboxylic acids is 1. The number of benzene rings is 4. The minimum atomic E-state index is -2.68. The molecular formula is C51H49N4O13+. The van der Waals surface area contributed by atoms with Crippen LogP contribution in [0.25, 0.3) is 5.76 Å². The van der Waals surface area contributed by atoms with Gasteiger partial charge in [-0.2, -0.15) is 0 Å². The lowest BCUT2D eigenvalue weighted by molar-refractivity contribution is -0.342. The first-order valence-electron chi connectivity index (χ1n) is 22.3. The van der Waals surface area contributed by atoms with E-state index in [1.165, 1.54) is 24.5 Å². The van der Waals surface area contributed by atoms with E-state index in [2.05, 4.69) is 15.0 Å². The summed E-state index contributed by atoms with van der Waals surface area (Å²) in [4.78, 5) is 26.2. The second-order valence-electron chi connectivity index (χ2n) is 17.6. The third-order valence-corrected chi connectivity index (χ3v) is 13.5. The highest BCUT2D eigenvalue weighted by atomic mass is 16.7. The maximum absolute atomic E-state index is 13.3. The lowest BCUT2D eigenvalue weighted by atomic mass is 9.57. The fourth-order valence-corrected chi connectivity index (χ4v) is 10.2. The number of carbonyl (C=O) groups is 1. The molecule has 2 aliphatic carbocycles. The third-order valence-electron chi connectivity index (χ3n) is 13.5. The maximum Gasteiger partial charge on any atom is 0.336 e. The molecule has 10 rings (SSSR count). The van der Waals surface area contributed by atoms with E-state index >= 15 is 0 Å². The van der Waals surface area contributed by atoms with E-state index in [0.717, 1.165) is 22.4 Å². The van der Waals surface area contributed by atoms with Gasteiger partial charge in [0.05, 0.1) is 24.8 Å². The predicted octanol–water partition coefficient (Wildman–Crippen LogP) is 3.82. The molecule has 0 aromatic heterocycles. The van der Waals surface area contributed by atoms with Gasteiger partial charge in [-0.05, 0) is 94.4 Å². The van der Waals surface area contributed by atoms with Crippen LogP contribution >= 0.6 is 0 Å². The molecule has 0 amide bonds. The molecule has 0 radical (unpaired) electrons. The van der Waals surface area contributed by atoms with Gasteiger partial charge in [-0.25, -0.2) is 9.79 Å². The molecule has 350 valence electrons. The van der Waals surface area contributed by atoms with Gasteiger partial charge < -0.3 is 59.4 Å². The number of carboxylic acid groups (broad SMARTS) is 1. The van der Waals surface area contributed by atoms with Crippen molar-refractivity contribution in [1.29, 1.82) is 0 Å². The van der Waals surface area contributed by atoms with Gasteiger partial charge in [0.2, 0.25) is 12.0 Å². The van der Waals surface area contributed by atoms with Crippen LogP contribution in [0.4, 0.5) is 0 Å². The second kappa shape index (κ2) is 17.4. The van der Waals surface area contributed by atoms with Gasteiger partial charge in [0.15, 0.2) is 28.9 Å². The summed E-state index contributed by atoms with van der Waals surface area (Å²) in [6.07, 6.45) is 0.696. The number of aliphatic imine (C=N–C) groups is 3. The summed E-state index contributed by atoms with van der Waals surface area (Å²) in [5.74, 6) is -3.73. The van der Waals surface area contributed by atoms with Crippen LogP contribution in [0.3, 0.4) is 0 Å². The molecule has 9 N–H and O–H groups in total. The Kier molecular flexibility index (Phi) is 11.4. The van der Waals surface area contributed by atoms with Crippen LogP contribution in [-0.4, -0.2) is 108 Å². The minimum Gasteiger partial charge on any atom is -0.508 e. The number of carboxylic acids is 1. The smallest absolute Gasteiger partial charge is 0.336 e. The van der Waals surface area contributed by atoms with Crippen molar-refractivity contribution in [3.63, 3.8) is 0 Å². The predicted molar refractivity (Wildman–Crippen MR) is 247 cm³/mol. The summed E-state index contributed by atoms with van der Waals surface area (Å²) < 4.78 is 31.3. The molecular weight excluding hydrogens is 877 g/mol. The number of allylic oxidation sites excluding steroid dienone is 1. The average molecular weight is 926 g/mol. The van der Waals surface area contributed by atoms with E-state index in [1.54, 1.807) is 42.5 Å². The normalized spacial score (nSPS) is 26.7. The van der Waals surface area contributed by atoms with Crippen molar-refractivity contribution >= 4 is 35.3 Å². The van der Waals surface area contributed by atoms with Crippen molar-refractivity contribution in [2.75, 3.05) is 13.2 Å². The topological polar surface area (TPSA) is 267 Å². The average Bonchev–Trinajstić information content (AvgIpc) is 3.96. The fraction of sp³-hybridized carbons (Fsp3) is 0.314. The Morgan fingerprint density at radius 3 is 2.46 bits per heavy atom. The molecule has 68 heavy (non-hydrogen) atoms. The zero-order valence-corrected chi connectivity index (χ0v) is 36.8. The molecule has 4 aromatic carbocycles. The molecule has 4 heterocycles. The number of nitrogens with two attached hydrogens (primary N) is 1. The van der Waals surface area contributed by atoms with Crippen LogP contribution in [-0.2, 0) is 35.4 Å². The molecule has 4 aliphatic heterocycles. The van der Waals surface area contributed by atoms with Crippen molar-refractivity contribution in [1.82, 2.24) is 0 Å². The minimum absolute atomic E-state index is 0.0148. The van der Waals surface area contributed by atoms with Crippen LogP contribution < -0.4 is 24.4 Å². The van der Waals surface area contributed by atoms with E-state index in [9.17, 15) is 40.5 Å². The molecule has 17 heteroatoms. The Hall–Kier alpha value is -7.31. The van der Waals surface area contributed by atoms with Gasteiger partial charge in [0, 0.05) is 24.6 Å². The van der Waals surface area contributed by atoms with Gasteiger partial charge >= 0.3 is 11.8 Å². The number of nitrogens with zero attached hydrogens (tertiary/aromatic N) is 3. The number of hydrogen-bond acceptors (Lipinski definition) is 14. The van der Waals surface area contributed by atoms with Gasteiger partial charge in [-0.15, -0.1) is 0 Å². The molecule has 1 fully saturated rings. The molecule has 17 nitrogen and oxygen atoms in total. The standard InChI is InChI=1S/C51H48N4O13/c1-2-26-17-27(19-32(56)18-26)24-65-45-40(22-39-42(44(45)58)37(57)21-38(66-39)29-7-11-33(12-8-29)64-16-15-31-10-14-41(52)55-31)67-49-50(62)35-13-9-28-5-3-4-6-30(28)20-34(35)43(36-23-53-25-54-36)51(63,48(50)61)46(68-49)47(59)60/h3-8,10-12,14,17-19,21-22,25,38,43,46,48-49,52,56-58,61-63H,2,9,13,15-16,20,23-24H2,1H3,(H,59,60)/p+1/t38?,43-,46+,48-,49+,50+,51-/m0/s1. The van der Waals surface area contributed by atoms with Crippen LogP contribution in [0.1, 0.15) is 59.3 Å². The number of aliphatic hydroxyl groups excluding tert-OH is 2. The Labute approximate surface area is 389 Å².